The zero-order chi connectivity index (χ0) is 6.85. The number of hydrogen-bond donors (Lipinski definition) is 1. The van der Waals surface area contributed by atoms with Crippen LogP contribution in [-0.4, -0.2) is 10.2 Å². The zero-order valence-electron chi connectivity index (χ0n) is 5.00. The minimum atomic E-state index is -0.515. The Balaban J connectivity index is 3.08. The van der Waals surface area contributed by atoms with Crippen LogP contribution >= 0.6 is 10.5 Å². The van der Waals surface area contributed by atoms with Gasteiger partial charge in [0.25, 0.3) is 0 Å². The molecule has 0 aliphatic heterocycles. The van der Waals surface area contributed by atoms with Gasteiger partial charge in [0.1, 0.15) is 0 Å². The van der Waals surface area contributed by atoms with Gasteiger partial charge in [-0.3, -0.25) is 0 Å². The van der Waals surface area contributed by atoms with Crippen LogP contribution in [0.4, 0.5) is 4.79 Å². The number of primary amides is 1. The lowest BCUT2D eigenvalue weighted by Gasteiger charge is -1.75. The smallest absolute Gasteiger partial charge is 0.320 e. The van der Waals surface area contributed by atoms with Gasteiger partial charge in [-0.25, -0.2) is 9.78 Å². The summed E-state index contributed by atoms with van der Waals surface area (Å²) in [6.45, 7) is 1.80. The molecule has 1 unspecified atom stereocenters. The number of nitrogens with zero attached hydrogens (tertiary/aromatic N) is 1. The lowest BCUT2D eigenvalue weighted by molar-refractivity contribution is 0.266. The number of rotatable bonds is 1. The van der Waals surface area contributed by atoms with E-state index in [2.05, 4.69) is 4.98 Å². The average Bonchev–Trinajstić information content (AvgIpc) is 2.13. The molecular weight excluding hydrogens is 136 g/mol. The molecule has 3 nitrogen and oxygen atoms in total. The summed E-state index contributed by atoms with van der Waals surface area (Å²) in [6, 6.07) is 0. The number of amides is 1. The summed E-state index contributed by atoms with van der Waals surface area (Å²) in [7, 11) is -0.515. The van der Waals surface area contributed by atoms with Crippen LogP contribution in [-0.2, 0) is 0 Å². The van der Waals surface area contributed by atoms with E-state index in [0.717, 1.165) is 5.01 Å². The minimum absolute atomic E-state index is 0.301. The number of thiazole rings is 1. The number of hydrogen-bond acceptors (Lipinski definition) is 2. The average molecular weight is 143 g/mol. The first-order valence-corrected chi connectivity index (χ1v) is 3.74. The molecule has 4 heteroatoms. The second-order valence-corrected chi connectivity index (χ2v) is 3.53. The van der Waals surface area contributed by atoms with Gasteiger partial charge in [-0.2, -0.15) is 0 Å². The highest BCUT2D eigenvalue weighted by Gasteiger charge is 2.15. The third-order valence-electron chi connectivity index (χ3n) is 0.988. The molecule has 1 aromatic heterocycles. The van der Waals surface area contributed by atoms with E-state index in [-0.39, 0.29) is 5.24 Å². The highest BCUT2D eigenvalue weighted by molar-refractivity contribution is 7.49. The standard InChI is InChI=1S/C5H6N2OS/c1-4-7-2-3-9(4)5(6)8/h2-3H,1H3,(H-,6,8)/p+1. The predicted molar refractivity (Wildman–Crippen MR) is 36.4 cm³/mol. The topological polar surface area (TPSA) is 56.0 Å². The molecule has 48 valence electrons. The van der Waals surface area contributed by atoms with E-state index in [9.17, 15) is 4.79 Å². The van der Waals surface area contributed by atoms with E-state index < -0.39 is 10.5 Å². The molecule has 0 aromatic carbocycles. The van der Waals surface area contributed by atoms with Crippen LogP contribution in [0, 0.1) is 6.92 Å². The van der Waals surface area contributed by atoms with Gasteiger partial charge in [0, 0.05) is 6.92 Å². The van der Waals surface area contributed by atoms with Crippen LogP contribution in [0.15, 0.2) is 11.6 Å². The van der Waals surface area contributed by atoms with Crippen LogP contribution in [0.3, 0.4) is 0 Å². The lowest BCUT2D eigenvalue weighted by Crippen LogP contribution is -2.02. The van der Waals surface area contributed by atoms with E-state index in [1.165, 1.54) is 0 Å². The van der Waals surface area contributed by atoms with Crippen LogP contribution in [0.25, 0.3) is 0 Å². The summed E-state index contributed by atoms with van der Waals surface area (Å²) in [4.78, 5) is 14.4. The van der Waals surface area contributed by atoms with Crippen molar-refractivity contribution in [1.82, 2.24) is 4.98 Å². The maximum Gasteiger partial charge on any atom is 0.455 e. The molecule has 1 atom stereocenters. The molecule has 0 aliphatic carbocycles. The van der Waals surface area contributed by atoms with Crippen molar-refractivity contribution >= 4 is 15.7 Å². The van der Waals surface area contributed by atoms with Crippen LogP contribution < -0.4 is 5.73 Å². The summed E-state index contributed by atoms with van der Waals surface area (Å²) in [5, 5.41) is 2.23. The summed E-state index contributed by atoms with van der Waals surface area (Å²) in [5.74, 6) is 0. The van der Waals surface area contributed by atoms with E-state index in [1.54, 1.807) is 18.5 Å². The molecule has 1 aromatic rings. The van der Waals surface area contributed by atoms with Crippen molar-refractivity contribution in [2.45, 2.75) is 6.92 Å². The van der Waals surface area contributed by atoms with E-state index in [1.807, 2.05) is 0 Å². The fraction of sp³-hybridized carbons (Fsp3) is 0.200. The quantitative estimate of drug-likeness (QED) is 0.598. The summed E-state index contributed by atoms with van der Waals surface area (Å²) >= 11 is 0. The maximum atomic E-state index is 10.5. The Labute approximate surface area is 55.5 Å². The third-order valence-corrected chi connectivity index (χ3v) is 2.56. The SMILES string of the molecule is Cc1ncc[s+]1C(N)=O. The molecule has 0 aliphatic rings. The van der Waals surface area contributed by atoms with Gasteiger partial charge in [-0.15, -0.1) is 0 Å². The van der Waals surface area contributed by atoms with Crippen molar-refractivity contribution in [3.05, 3.63) is 16.6 Å². The van der Waals surface area contributed by atoms with Gasteiger partial charge in [0.15, 0.2) is 5.38 Å². The van der Waals surface area contributed by atoms with Crippen molar-refractivity contribution in [2.24, 2.45) is 5.73 Å². The van der Waals surface area contributed by atoms with Gasteiger partial charge in [0.2, 0.25) is 5.01 Å². The Morgan fingerprint density at radius 1 is 1.89 bits per heavy atom. The Morgan fingerprint density at radius 2 is 2.56 bits per heavy atom. The first kappa shape index (κ1) is 6.22. The van der Waals surface area contributed by atoms with Gasteiger partial charge >= 0.3 is 5.24 Å². The predicted octanol–water partition coefficient (Wildman–Crippen LogP) is 1.07. The summed E-state index contributed by atoms with van der Waals surface area (Å²) < 4.78 is 0. The molecule has 1 amide bonds. The van der Waals surface area contributed by atoms with Gasteiger partial charge < -0.3 is 5.73 Å². The Kier molecular flexibility index (Phi) is 1.48. The largest absolute Gasteiger partial charge is 0.455 e. The number of nitrogens with two attached hydrogens (primary N) is 1. The van der Waals surface area contributed by atoms with E-state index in [4.69, 9.17) is 5.73 Å². The van der Waals surface area contributed by atoms with Crippen LogP contribution in [0.1, 0.15) is 5.01 Å². The molecule has 0 saturated heterocycles. The normalized spacial score (nSPS) is 11.4. The van der Waals surface area contributed by atoms with Crippen molar-refractivity contribution in [1.29, 1.82) is 0 Å². The molecule has 0 fully saturated rings. The number of carbonyl (C=O) groups excluding carboxylic acids is 1. The Morgan fingerprint density at radius 3 is 2.78 bits per heavy atom. The lowest BCUT2D eigenvalue weighted by atomic mass is 10.8. The van der Waals surface area contributed by atoms with Crippen molar-refractivity contribution < 1.29 is 4.79 Å². The molecule has 1 rings (SSSR count). The minimum Gasteiger partial charge on any atom is -0.320 e. The highest BCUT2D eigenvalue weighted by Crippen LogP contribution is 2.19. The molecule has 1 heterocycles. The monoisotopic (exact) mass is 143 g/mol. The molecule has 0 radical (unpaired) electrons. The summed E-state index contributed by atoms with van der Waals surface area (Å²) in [5.41, 5.74) is 5.03. The van der Waals surface area contributed by atoms with Gasteiger partial charge in [-0.1, -0.05) is 0 Å². The number of aromatic nitrogens is 1. The first-order valence-electron chi connectivity index (χ1n) is 2.45. The summed E-state index contributed by atoms with van der Waals surface area (Å²) in [6.07, 6.45) is 1.61. The maximum absolute atomic E-state index is 10.5. The molecule has 0 bridgehead atoms. The molecular formula is C5H7N2OS+. The molecule has 2 N–H and O–H groups in total. The molecule has 0 spiro atoms. The van der Waals surface area contributed by atoms with Crippen LogP contribution in [0.5, 0.6) is 0 Å². The molecule has 0 saturated carbocycles. The fourth-order valence-electron chi connectivity index (χ4n) is 0.564. The van der Waals surface area contributed by atoms with Gasteiger partial charge in [0.05, 0.1) is 16.7 Å². The third kappa shape index (κ3) is 1.08. The van der Waals surface area contributed by atoms with Crippen molar-refractivity contribution in [2.75, 3.05) is 0 Å². The zero-order valence-corrected chi connectivity index (χ0v) is 5.81. The Bertz CT molecular complexity index is 231. The van der Waals surface area contributed by atoms with Crippen molar-refractivity contribution in [3.63, 3.8) is 0 Å². The number of carbonyl (C=O) groups is 1. The van der Waals surface area contributed by atoms with Gasteiger partial charge in [-0.05, 0) is 0 Å². The Hall–Kier alpha value is -0.900. The second-order valence-electron chi connectivity index (χ2n) is 1.59. The van der Waals surface area contributed by atoms with E-state index in [0.29, 0.717) is 0 Å². The first-order chi connectivity index (χ1) is 4.22. The molecule has 9 heavy (non-hydrogen) atoms. The fourth-order valence-corrected chi connectivity index (χ4v) is 1.54. The van der Waals surface area contributed by atoms with Crippen molar-refractivity contribution in [3.8, 4) is 0 Å². The second kappa shape index (κ2) is 2.14. The van der Waals surface area contributed by atoms with Crippen LogP contribution in [0.2, 0.25) is 0 Å². The van der Waals surface area contributed by atoms with E-state index >= 15 is 0 Å². The highest BCUT2D eigenvalue weighted by atomic mass is 32.2. The number of aryl methyl sites for hydroxylation is 1.